The molecule has 0 spiro atoms. The van der Waals surface area contributed by atoms with Gasteiger partial charge in [0.2, 0.25) is 5.91 Å². The SMILES string of the molecule is CCN(CC)C(=O)c1ccc(NC(=O)C(C)(C)CN)cc1.Cl. The van der Waals surface area contributed by atoms with Crippen LogP contribution in [0.4, 0.5) is 5.69 Å². The van der Waals surface area contributed by atoms with E-state index in [0.717, 1.165) is 0 Å². The van der Waals surface area contributed by atoms with Crippen molar-refractivity contribution in [2.45, 2.75) is 27.7 Å². The Hall–Kier alpha value is -1.59. The highest BCUT2D eigenvalue weighted by Crippen LogP contribution is 2.18. The minimum absolute atomic E-state index is 0. The Morgan fingerprint density at radius 2 is 1.64 bits per heavy atom. The molecule has 0 bridgehead atoms. The summed E-state index contributed by atoms with van der Waals surface area (Å²) in [5.74, 6) is -0.131. The summed E-state index contributed by atoms with van der Waals surface area (Å²) in [7, 11) is 0. The van der Waals surface area contributed by atoms with Crippen LogP contribution in [0.5, 0.6) is 0 Å². The maximum absolute atomic E-state index is 12.2. The van der Waals surface area contributed by atoms with Crippen LogP contribution < -0.4 is 11.1 Å². The molecule has 6 heteroatoms. The standard InChI is InChI=1S/C16H25N3O2.ClH/c1-5-19(6-2)14(20)12-7-9-13(10-8-12)18-15(21)16(3,4)11-17;/h7-10H,5-6,11,17H2,1-4H3,(H,18,21);1H. The first-order chi connectivity index (χ1) is 9.85. The zero-order chi connectivity index (χ0) is 16.0. The van der Waals surface area contributed by atoms with Gasteiger partial charge in [-0.05, 0) is 52.0 Å². The van der Waals surface area contributed by atoms with Crippen LogP contribution in [0.15, 0.2) is 24.3 Å². The number of rotatable bonds is 6. The molecule has 22 heavy (non-hydrogen) atoms. The number of hydrogen-bond donors (Lipinski definition) is 2. The van der Waals surface area contributed by atoms with E-state index in [1.54, 1.807) is 43.0 Å². The monoisotopic (exact) mass is 327 g/mol. The minimum Gasteiger partial charge on any atom is -0.339 e. The smallest absolute Gasteiger partial charge is 0.253 e. The number of amides is 2. The number of benzene rings is 1. The van der Waals surface area contributed by atoms with Crippen molar-refractivity contribution in [1.29, 1.82) is 0 Å². The van der Waals surface area contributed by atoms with Crippen molar-refractivity contribution in [3.63, 3.8) is 0 Å². The van der Waals surface area contributed by atoms with Gasteiger partial charge in [0.25, 0.3) is 5.91 Å². The number of carbonyl (C=O) groups is 2. The van der Waals surface area contributed by atoms with E-state index >= 15 is 0 Å². The Morgan fingerprint density at radius 3 is 2.05 bits per heavy atom. The summed E-state index contributed by atoms with van der Waals surface area (Å²) in [6.07, 6.45) is 0. The molecular weight excluding hydrogens is 302 g/mol. The maximum atomic E-state index is 12.2. The second kappa shape index (κ2) is 8.76. The first-order valence-corrected chi connectivity index (χ1v) is 7.26. The molecule has 1 rings (SSSR count). The van der Waals surface area contributed by atoms with Crippen LogP contribution in [0.25, 0.3) is 0 Å². The van der Waals surface area contributed by atoms with Gasteiger partial charge in [0.15, 0.2) is 0 Å². The summed E-state index contributed by atoms with van der Waals surface area (Å²) in [5, 5.41) is 2.81. The minimum atomic E-state index is -0.615. The largest absolute Gasteiger partial charge is 0.339 e. The topological polar surface area (TPSA) is 75.4 Å². The van der Waals surface area contributed by atoms with Gasteiger partial charge in [-0.3, -0.25) is 9.59 Å². The maximum Gasteiger partial charge on any atom is 0.253 e. The van der Waals surface area contributed by atoms with Crippen molar-refractivity contribution < 1.29 is 9.59 Å². The van der Waals surface area contributed by atoms with Crippen LogP contribution in [0.2, 0.25) is 0 Å². The first kappa shape index (κ1) is 20.4. The van der Waals surface area contributed by atoms with Gasteiger partial charge in [-0.1, -0.05) is 0 Å². The zero-order valence-electron chi connectivity index (χ0n) is 13.7. The summed E-state index contributed by atoms with van der Waals surface area (Å²) < 4.78 is 0. The Kier molecular flexibility index (Phi) is 8.12. The third-order valence-corrected chi connectivity index (χ3v) is 3.57. The first-order valence-electron chi connectivity index (χ1n) is 7.26. The lowest BCUT2D eigenvalue weighted by atomic mass is 9.92. The summed E-state index contributed by atoms with van der Waals surface area (Å²) >= 11 is 0. The number of nitrogens with zero attached hydrogens (tertiary/aromatic N) is 1. The van der Waals surface area contributed by atoms with E-state index in [0.29, 0.717) is 24.3 Å². The molecule has 1 aromatic rings. The molecule has 0 radical (unpaired) electrons. The summed E-state index contributed by atoms with van der Waals surface area (Å²) in [4.78, 5) is 25.9. The molecule has 0 saturated carbocycles. The summed E-state index contributed by atoms with van der Waals surface area (Å²) in [5.41, 5.74) is 6.25. The third kappa shape index (κ3) is 5.00. The highest BCUT2D eigenvalue weighted by Gasteiger charge is 2.25. The van der Waals surface area contributed by atoms with E-state index in [2.05, 4.69) is 5.32 Å². The summed E-state index contributed by atoms with van der Waals surface area (Å²) in [6.45, 7) is 9.12. The lowest BCUT2D eigenvalue weighted by molar-refractivity contribution is -0.123. The van der Waals surface area contributed by atoms with Gasteiger partial charge in [0, 0.05) is 30.9 Å². The molecule has 0 unspecified atom stereocenters. The second-order valence-electron chi connectivity index (χ2n) is 5.60. The lowest BCUT2D eigenvalue weighted by Crippen LogP contribution is -2.37. The lowest BCUT2D eigenvalue weighted by Gasteiger charge is -2.21. The Bertz CT molecular complexity index is 497. The van der Waals surface area contributed by atoms with Gasteiger partial charge in [-0.25, -0.2) is 0 Å². The van der Waals surface area contributed by atoms with Crippen LogP contribution in [-0.4, -0.2) is 36.3 Å². The predicted octanol–water partition coefficient (Wildman–Crippen LogP) is 2.51. The average Bonchev–Trinajstić information content (AvgIpc) is 2.49. The molecule has 0 aliphatic rings. The molecule has 124 valence electrons. The number of nitrogens with two attached hydrogens (primary N) is 1. The van der Waals surface area contributed by atoms with Crippen molar-refractivity contribution in [3.8, 4) is 0 Å². The average molecular weight is 328 g/mol. The molecule has 2 amide bonds. The van der Waals surface area contributed by atoms with Gasteiger partial charge >= 0.3 is 0 Å². The van der Waals surface area contributed by atoms with Crippen molar-refractivity contribution in [2.75, 3.05) is 25.0 Å². The fourth-order valence-electron chi connectivity index (χ4n) is 1.78. The number of anilines is 1. The second-order valence-corrected chi connectivity index (χ2v) is 5.60. The number of halogens is 1. The molecular formula is C16H26ClN3O2. The van der Waals surface area contributed by atoms with E-state index in [4.69, 9.17) is 5.73 Å². The van der Waals surface area contributed by atoms with Gasteiger partial charge in [-0.15, -0.1) is 12.4 Å². The molecule has 0 heterocycles. The van der Waals surface area contributed by atoms with E-state index in [-0.39, 0.29) is 30.8 Å². The van der Waals surface area contributed by atoms with E-state index in [9.17, 15) is 9.59 Å². The molecule has 0 aliphatic carbocycles. The van der Waals surface area contributed by atoms with Crippen molar-refractivity contribution in [2.24, 2.45) is 11.1 Å². The van der Waals surface area contributed by atoms with Gasteiger partial charge in [-0.2, -0.15) is 0 Å². The number of carbonyl (C=O) groups excluding carboxylic acids is 2. The normalized spacial score (nSPS) is 10.6. The van der Waals surface area contributed by atoms with Gasteiger partial charge in [0.1, 0.15) is 0 Å². The molecule has 0 saturated heterocycles. The fourth-order valence-corrected chi connectivity index (χ4v) is 1.78. The van der Waals surface area contributed by atoms with E-state index < -0.39 is 5.41 Å². The van der Waals surface area contributed by atoms with Crippen molar-refractivity contribution in [3.05, 3.63) is 29.8 Å². The van der Waals surface area contributed by atoms with Crippen LogP contribution in [0.1, 0.15) is 38.1 Å². The van der Waals surface area contributed by atoms with E-state index in [1.165, 1.54) is 0 Å². The van der Waals surface area contributed by atoms with Crippen LogP contribution in [0.3, 0.4) is 0 Å². The van der Waals surface area contributed by atoms with Crippen LogP contribution in [-0.2, 0) is 4.79 Å². The molecule has 5 nitrogen and oxygen atoms in total. The van der Waals surface area contributed by atoms with Crippen LogP contribution >= 0.6 is 12.4 Å². The van der Waals surface area contributed by atoms with Crippen LogP contribution in [0, 0.1) is 5.41 Å². The molecule has 0 aliphatic heterocycles. The van der Waals surface area contributed by atoms with Gasteiger partial charge < -0.3 is 16.0 Å². The Morgan fingerprint density at radius 1 is 1.14 bits per heavy atom. The molecule has 1 aromatic carbocycles. The van der Waals surface area contributed by atoms with E-state index in [1.807, 2.05) is 13.8 Å². The molecule has 0 fully saturated rings. The number of nitrogens with one attached hydrogen (secondary N) is 1. The zero-order valence-corrected chi connectivity index (χ0v) is 14.5. The highest BCUT2D eigenvalue weighted by atomic mass is 35.5. The fraction of sp³-hybridized carbons (Fsp3) is 0.500. The Labute approximate surface area is 138 Å². The molecule has 0 aromatic heterocycles. The number of hydrogen-bond acceptors (Lipinski definition) is 3. The highest BCUT2D eigenvalue weighted by molar-refractivity contribution is 5.97. The van der Waals surface area contributed by atoms with Crippen molar-refractivity contribution in [1.82, 2.24) is 4.90 Å². The molecule has 0 atom stereocenters. The quantitative estimate of drug-likeness (QED) is 0.843. The summed E-state index contributed by atoms with van der Waals surface area (Å²) in [6, 6.07) is 6.93. The van der Waals surface area contributed by atoms with Crippen molar-refractivity contribution >= 4 is 29.9 Å². The van der Waals surface area contributed by atoms with Gasteiger partial charge in [0.05, 0.1) is 5.41 Å². The third-order valence-electron chi connectivity index (χ3n) is 3.57. The predicted molar refractivity (Wildman–Crippen MR) is 92.4 cm³/mol. The molecule has 3 N–H and O–H groups in total. The Balaban J connectivity index is 0.00000441.